The molecule has 0 radical (unpaired) electrons. The lowest BCUT2D eigenvalue weighted by molar-refractivity contribution is 0.265. The molecular formula is C2H9NO6P2. The van der Waals surface area contributed by atoms with Crippen molar-refractivity contribution in [1.82, 2.24) is 4.86 Å². The molecule has 0 fully saturated rings. The second-order valence-electron chi connectivity index (χ2n) is 1.51. The highest BCUT2D eigenvalue weighted by molar-refractivity contribution is 7.66. The summed E-state index contributed by atoms with van der Waals surface area (Å²) in [4.78, 5) is 18.0. The van der Waals surface area contributed by atoms with Gasteiger partial charge in [0, 0.05) is 14.2 Å². The molecule has 3 N–H and O–H groups in total. The monoisotopic (exact) mass is 205 g/mol. The Kier molecular flexibility index (Phi) is 3.87. The van der Waals surface area contributed by atoms with E-state index in [0.29, 0.717) is 0 Å². The molecule has 0 aromatic heterocycles. The van der Waals surface area contributed by atoms with Crippen molar-refractivity contribution in [3.63, 3.8) is 0 Å². The van der Waals surface area contributed by atoms with E-state index in [2.05, 4.69) is 9.05 Å². The molecule has 0 saturated carbocycles. The van der Waals surface area contributed by atoms with E-state index in [9.17, 15) is 9.13 Å². The number of hydrogen-bond donors (Lipinski definition) is 3. The highest BCUT2D eigenvalue weighted by Gasteiger charge is 2.30. The molecule has 0 aromatic rings. The lowest BCUT2D eigenvalue weighted by atomic mass is 11.8. The van der Waals surface area contributed by atoms with Crippen LogP contribution in [0.15, 0.2) is 0 Å². The first kappa shape index (κ1) is 11.3. The number of nitrogens with one attached hydrogen (secondary N) is 1. The van der Waals surface area contributed by atoms with Gasteiger partial charge in [0.05, 0.1) is 0 Å². The van der Waals surface area contributed by atoms with E-state index in [1.54, 1.807) is 0 Å². The second-order valence-corrected chi connectivity index (χ2v) is 5.12. The lowest BCUT2D eigenvalue weighted by Crippen LogP contribution is -2.08. The Hall–Kier alpha value is 0.260. The molecule has 0 atom stereocenters. The van der Waals surface area contributed by atoms with Gasteiger partial charge >= 0.3 is 15.5 Å². The molecule has 0 aromatic carbocycles. The maximum Gasteiger partial charge on any atom is 0.414 e. The zero-order chi connectivity index (χ0) is 9.12. The smallest absolute Gasteiger partial charge is 0.312 e. The summed E-state index contributed by atoms with van der Waals surface area (Å²) in [6.07, 6.45) is 0. The Balaban J connectivity index is 4.34. The van der Waals surface area contributed by atoms with Crippen LogP contribution >= 0.6 is 15.5 Å². The van der Waals surface area contributed by atoms with Gasteiger partial charge < -0.3 is 9.79 Å². The predicted octanol–water partition coefficient (Wildman–Crippen LogP) is 0.0696. The first-order chi connectivity index (χ1) is 4.83. The zero-order valence-corrected chi connectivity index (χ0v) is 7.71. The van der Waals surface area contributed by atoms with Gasteiger partial charge in [-0.05, 0) is 0 Å². The molecule has 0 bridgehead atoms. The third-order valence-electron chi connectivity index (χ3n) is 0.733. The third-order valence-corrected chi connectivity index (χ3v) is 3.72. The fraction of sp³-hybridized carbons (Fsp3) is 1.00. The van der Waals surface area contributed by atoms with E-state index < -0.39 is 15.5 Å². The third kappa shape index (κ3) is 4.66. The molecule has 0 rings (SSSR count). The molecule has 0 aliphatic carbocycles. The van der Waals surface area contributed by atoms with Crippen molar-refractivity contribution in [2.45, 2.75) is 0 Å². The quantitative estimate of drug-likeness (QED) is 0.557. The van der Waals surface area contributed by atoms with Crippen LogP contribution in [0.25, 0.3) is 0 Å². The largest absolute Gasteiger partial charge is 0.414 e. The minimum atomic E-state index is -4.58. The highest BCUT2D eigenvalue weighted by atomic mass is 31.3. The van der Waals surface area contributed by atoms with Crippen LogP contribution in [0.2, 0.25) is 0 Å². The summed E-state index contributed by atoms with van der Waals surface area (Å²) in [5.41, 5.74) is 0. The van der Waals surface area contributed by atoms with Crippen molar-refractivity contribution in [1.29, 1.82) is 0 Å². The molecule has 0 unspecified atom stereocenters. The Morgan fingerprint density at radius 1 is 1.18 bits per heavy atom. The van der Waals surface area contributed by atoms with E-state index in [-0.39, 0.29) is 0 Å². The minimum Gasteiger partial charge on any atom is -0.312 e. The summed E-state index contributed by atoms with van der Waals surface area (Å²) >= 11 is 0. The first-order valence-corrected chi connectivity index (χ1v) is 5.55. The van der Waals surface area contributed by atoms with E-state index in [4.69, 9.17) is 9.79 Å². The van der Waals surface area contributed by atoms with Crippen LogP contribution < -0.4 is 4.86 Å². The molecule has 7 nitrogen and oxygen atoms in total. The molecule has 0 heterocycles. The van der Waals surface area contributed by atoms with E-state index in [1.165, 1.54) is 4.86 Å². The Labute approximate surface area is 63.5 Å². The number of hydrogen-bond acceptors (Lipinski definition) is 4. The molecule has 0 amide bonds. The van der Waals surface area contributed by atoms with Crippen molar-refractivity contribution in [2.24, 2.45) is 0 Å². The summed E-state index contributed by atoms with van der Waals surface area (Å²) in [5, 5.41) is 0. The van der Waals surface area contributed by atoms with Crippen molar-refractivity contribution in [3.8, 4) is 0 Å². The molecule has 0 aliphatic heterocycles. The van der Waals surface area contributed by atoms with Gasteiger partial charge in [-0.2, -0.15) is 0 Å². The Bertz CT molecular complexity index is 201. The van der Waals surface area contributed by atoms with Gasteiger partial charge in [0.2, 0.25) is 0 Å². The van der Waals surface area contributed by atoms with Gasteiger partial charge in [-0.25, -0.2) is 9.13 Å². The van der Waals surface area contributed by atoms with Gasteiger partial charge in [0.15, 0.2) is 0 Å². The van der Waals surface area contributed by atoms with Crippen LogP contribution in [0.4, 0.5) is 0 Å². The molecular weight excluding hydrogens is 196 g/mol. The summed E-state index contributed by atoms with van der Waals surface area (Å²) in [7, 11) is -6.39. The average molecular weight is 205 g/mol. The molecule has 0 spiro atoms. The molecule has 11 heavy (non-hydrogen) atoms. The van der Waals surface area contributed by atoms with Crippen LogP contribution in [0.3, 0.4) is 0 Å². The van der Waals surface area contributed by atoms with Crippen LogP contribution in [-0.4, -0.2) is 24.0 Å². The summed E-state index contributed by atoms with van der Waals surface area (Å²) in [6, 6.07) is 0. The van der Waals surface area contributed by atoms with Gasteiger partial charge in [0.1, 0.15) is 0 Å². The Morgan fingerprint density at radius 2 is 1.55 bits per heavy atom. The fourth-order valence-electron chi connectivity index (χ4n) is 0.316. The maximum atomic E-state index is 10.9. The summed E-state index contributed by atoms with van der Waals surface area (Å²) < 4.78 is 29.5. The van der Waals surface area contributed by atoms with Gasteiger partial charge in [-0.15, -0.1) is 4.86 Å². The normalized spacial score (nSPS) is 13.5. The summed E-state index contributed by atoms with van der Waals surface area (Å²) in [5.74, 6) is 0. The maximum absolute atomic E-state index is 10.9. The van der Waals surface area contributed by atoms with Crippen LogP contribution in [-0.2, 0) is 18.2 Å². The van der Waals surface area contributed by atoms with Crippen molar-refractivity contribution < 1.29 is 28.0 Å². The predicted molar refractivity (Wildman–Crippen MR) is 36.8 cm³/mol. The van der Waals surface area contributed by atoms with E-state index in [0.717, 1.165) is 14.2 Å². The first-order valence-electron chi connectivity index (χ1n) is 2.39. The average Bonchev–Trinajstić information content (AvgIpc) is 1.84. The molecule has 0 saturated heterocycles. The fourth-order valence-corrected chi connectivity index (χ4v) is 2.39. The van der Waals surface area contributed by atoms with Crippen molar-refractivity contribution in [2.75, 3.05) is 14.2 Å². The number of rotatable bonds is 4. The minimum absolute atomic E-state index is 1.01. The van der Waals surface area contributed by atoms with Crippen LogP contribution in [0, 0.1) is 0 Å². The highest BCUT2D eigenvalue weighted by Crippen LogP contribution is 2.51. The standard InChI is InChI=1S/C2H9NO6P2/c1-8-11(7,9-2)3-10(4,5)6/h1-2H3,(H3,3,4,5,6,7). The van der Waals surface area contributed by atoms with Gasteiger partial charge in [-0.3, -0.25) is 9.05 Å². The van der Waals surface area contributed by atoms with Gasteiger partial charge in [-0.1, -0.05) is 0 Å². The van der Waals surface area contributed by atoms with E-state index >= 15 is 0 Å². The molecule has 0 aliphatic rings. The molecule has 9 heteroatoms. The summed E-state index contributed by atoms with van der Waals surface area (Å²) in [6.45, 7) is 0. The zero-order valence-electron chi connectivity index (χ0n) is 5.92. The molecule has 68 valence electrons. The van der Waals surface area contributed by atoms with Crippen LogP contribution in [0.5, 0.6) is 0 Å². The van der Waals surface area contributed by atoms with Crippen molar-refractivity contribution >= 4 is 15.5 Å². The second kappa shape index (κ2) is 3.78. The SMILES string of the molecule is COP(=O)(NP(=O)(O)O)OC. The topological polar surface area (TPSA) is 105 Å². The van der Waals surface area contributed by atoms with Crippen molar-refractivity contribution in [3.05, 3.63) is 0 Å². The van der Waals surface area contributed by atoms with Gasteiger partial charge in [0.25, 0.3) is 0 Å². The Morgan fingerprint density at radius 3 is 1.64 bits per heavy atom. The van der Waals surface area contributed by atoms with Crippen LogP contribution in [0.1, 0.15) is 0 Å². The lowest BCUT2D eigenvalue weighted by Gasteiger charge is -2.14. The van der Waals surface area contributed by atoms with E-state index in [1.807, 2.05) is 0 Å².